The molecule has 1 amide bonds. The summed E-state index contributed by atoms with van der Waals surface area (Å²) in [6.45, 7) is 0.855. The third-order valence-corrected chi connectivity index (χ3v) is 7.39. The Bertz CT molecular complexity index is 1170. The molecule has 1 N–H and O–H groups in total. The maximum Gasteiger partial charge on any atom is 0.251 e. The van der Waals surface area contributed by atoms with Gasteiger partial charge in [0, 0.05) is 35.6 Å². The average molecular weight is 476 g/mol. The van der Waals surface area contributed by atoms with Gasteiger partial charge in [-0.25, -0.2) is 0 Å². The Morgan fingerprint density at radius 1 is 0.971 bits per heavy atom. The highest BCUT2D eigenvalue weighted by molar-refractivity contribution is 5.95. The second-order valence-electron chi connectivity index (χ2n) is 9.46. The predicted molar refractivity (Wildman–Crippen MR) is 135 cm³/mol. The zero-order chi connectivity index (χ0) is 24.4. The molecule has 2 aromatic carbocycles. The van der Waals surface area contributed by atoms with Gasteiger partial charge in [0.05, 0.1) is 32.5 Å². The molecule has 3 heterocycles. The summed E-state index contributed by atoms with van der Waals surface area (Å²) in [6, 6.07) is 17.0. The van der Waals surface area contributed by atoms with E-state index in [4.69, 9.17) is 19.2 Å². The van der Waals surface area contributed by atoms with E-state index in [0.29, 0.717) is 34.9 Å². The van der Waals surface area contributed by atoms with Crippen LogP contribution < -0.4 is 19.5 Å². The minimum absolute atomic E-state index is 0.114. The highest BCUT2D eigenvalue weighted by Crippen LogP contribution is 2.39. The predicted octanol–water partition coefficient (Wildman–Crippen LogP) is 4.58. The smallest absolute Gasteiger partial charge is 0.251 e. The molecule has 2 atom stereocenters. The number of piperidine rings is 2. The van der Waals surface area contributed by atoms with Gasteiger partial charge in [-0.2, -0.15) is 0 Å². The van der Waals surface area contributed by atoms with Gasteiger partial charge < -0.3 is 19.5 Å². The van der Waals surface area contributed by atoms with Crippen molar-refractivity contribution >= 4 is 16.8 Å². The van der Waals surface area contributed by atoms with Crippen molar-refractivity contribution in [1.82, 2.24) is 15.2 Å². The Kier molecular flexibility index (Phi) is 6.77. The summed E-state index contributed by atoms with van der Waals surface area (Å²) >= 11 is 0. The average Bonchev–Trinajstić information content (AvgIpc) is 2.88. The van der Waals surface area contributed by atoms with Crippen LogP contribution in [0.25, 0.3) is 10.9 Å². The van der Waals surface area contributed by atoms with Crippen LogP contribution in [0.2, 0.25) is 0 Å². The van der Waals surface area contributed by atoms with Gasteiger partial charge in [-0.05, 0) is 49.9 Å². The number of para-hydroxylation sites is 1. The minimum Gasteiger partial charge on any atom is -0.493 e. The first kappa shape index (κ1) is 23.4. The lowest BCUT2D eigenvalue weighted by Gasteiger charge is -2.49. The van der Waals surface area contributed by atoms with Crippen molar-refractivity contribution in [3.05, 3.63) is 59.8 Å². The normalized spacial score (nSPS) is 22.0. The van der Waals surface area contributed by atoms with E-state index in [1.807, 2.05) is 12.1 Å². The molecule has 7 nitrogen and oxygen atoms in total. The summed E-state index contributed by atoms with van der Waals surface area (Å²) in [5, 5.41) is 4.45. The maximum atomic E-state index is 13.2. The Labute approximate surface area is 206 Å². The summed E-state index contributed by atoms with van der Waals surface area (Å²) in [5.74, 6) is 1.33. The van der Waals surface area contributed by atoms with Gasteiger partial charge >= 0.3 is 0 Å². The topological polar surface area (TPSA) is 72.9 Å². The molecule has 2 unspecified atom stereocenters. The van der Waals surface area contributed by atoms with Crippen LogP contribution in [0.5, 0.6) is 17.2 Å². The van der Waals surface area contributed by atoms with Gasteiger partial charge in [0.1, 0.15) is 0 Å². The summed E-state index contributed by atoms with van der Waals surface area (Å²) in [5.41, 5.74) is 2.66. The number of rotatable bonds is 7. The molecule has 184 valence electrons. The third-order valence-electron chi connectivity index (χ3n) is 7.39. The Morgan fingerprint density at radius 2 is 1.66 bits per heavy atom. The van der Waals surface area contributed by atoms with Gasteiger partial charge in [0.15, 0.2) is 11.5 Å². The fourth-order valence-electron chi connectivity index (χ4n) is 5.72. The van der Waals surface area contributed by atoms with E-state index in [-0.39, 0.29) is 11.9 Å². The number of pyridine rings is 1. The number of carbonyl (C=O) groups is 1. The molecule has 0 saturated carbocycles. The highest BCUT2D eigenvalue weighted by atomic mass is 16.5. The molecule has 0 spiro atoms. The first-order valence-corrected chi connectivity index (χ1v) is 12.3. The van der Waals surface area contributed by atoms with Gasteiger partial charge in [-0.3, -0.25) is 14.7 Å². The van der Waals surface area contributed by atoms with E-state index >= 15 is 0 Å². The van der Waals surface area contributed by atoms with Crippen LogP contribution in [0, 0.1) is 0 Å². The third kappa shape index (κ3) is 4.78. The molecular weight excluding hydrogens is 442 g/mol. The van der Waals surface area contributed by atoms with E-state index in [9.17, 15) is 4.79 Å². The van der Waals surface area contributed by atoms with E-state index < -0.39 is 0 Å². The molecule has 2 bridgehead atoms. The van der Waals surface area contributed by atoms with Crippen molar-refractivity contribution in [3.63, 3.8) is 0 Å². The number of methoxy groups -OCH3 is 3. The van der Waals surface area contributed by atoms with E-state index in [2.05, 4.69) is 34.5 Å². The summed E-state index contributed by atoms with van der Waals surface area (Å²) in [7, 11) is 4.67. The number of benzene rings is 2. The molecule has 2 aliphatic rings. The molecular formula is C28H33N3O4. The number of nitrogens with zero attached hydrogens (tertiary/aromatic N) is 2. The van der Waals surface area contributed by atoms with Crippen molar-refractivity contribution < 1.29 is 19.0 Å². The number of aromatic nitrogens is 1. The number of hydrogen-bond donors (Lipinski definition) is 1. The quantitative estimate of drug-likeness (QED) is 0.540. The van der Waals surface area contributed by atoms with Crippen LogP contribution in [0.1, 0.15) is 48.2 Å². The Hall–Kier alpha value is -3.32. The van der Waals surface area contributed by atoms with Crippen LogP contribution in [0.4, 0.5) is 0 Å². The van der Waals surface area contributed by atoms with Crippen LogP contribution in [-0.2, 0) is 6.54 Å². The molecule has 7 heteroatoms. The fourth-order valence-corrected chi connectivity index (χ4v) is 5.72. The molecule has 1 aromatic heterocycles. The minimum atomic E-state index is -0.114. The largest absolute Gasteiger partial charge is 0.493 e. The molecule has 35 heavy (non-hydrogen) atoms. The number of nitrogens with one attached hydrogen (secondary N) is 1. The lowest BCUT2D eigenvalue weighted by Crippen LogP contribution is -2.56. The van der Waals surface area contributed by atoms with E-state index in [1.54, 1.807) is 33.5 Å². The highest BCUT2D eigenvalue weighted by Gasteiger charge is 2.39. The first-order chi connectivity index (χ1) is 17.1. The van der Waals surface area contributed by atoms with Gasteiger partial charge in [0.2, 0.25) is 5.75 Å². The first-order valence-electron chi connectivity index (χ1n) is 12.3. The lowest BCUT2D eigenvalue weighted by molar-refractivity contribution is 0.0168. The van der Waals surface area contributed by atoms with Crippen molar-refractivity contribution in [1.29, 1.82) is 0 Å². The van der Waals surface area contributed by atoms with Gasteiger partial charge in [0.25, 0.3) is 5.91 Å². The van der Waals surface area contributed by atoms with Crippen LogP contribution in [-0.4, -0.2) is 55.2 Å². The molecule has 2 saturated heterocycles. The molecule has 0 aliphatic carbocycles. The monoisotopic (exact) mass is 475 g/mol. The van der Waals surface area contributed by atoms with E-state index in [1.165, 1.54) is 11.8 Å². The molecule has 3 aromatic rings. The van der Waals surface area contributed by atoms with Crippen molar-refractivity contribution in [2.24, 2.45) is 0 Å². The maximum absolute atomic E-state index is 13.2. The molecule has 2 aliphatic heterocycles. The molecule has 5 rings (SSSR count). The summed E-state index contributed by atoms with van der Waals surface area (Å²) in [6.07, 6.45) is 5.44. The second kappa shape index (κ2) is 10.1. The number of ether oxygens (including phenoxy) is 3. The van der Waals surface area contributed by atoms with Crippen molar-refractivity contribution in [3.8, 4) is 17.2 Å². The van der Waals surface area contributed by atoms with Gasteiger partial charge in [-0.1, -0.05) is 30.7 Å². The van der Waals surface area contributed by atoms with Crippen LogP contribution in [0.3, 0.4) is 0 Å². The Morgan fingerprint density at radius 3 is 2.31 bits per heavy atom. The zero-order valence-corrected chi connectivity index (χ0v) is 20.6. The second-order valence-corrected chi connectivity index (χ2v) is 9.46. The lowest BCUT2D eigenvalue weighted by atomic mass is 9.81. The van der Waals surface area contributed by atoms with Crippen LogP contribution in [0.15, 0.2) is 48.5 Å². The number of carbonyl (C=O) groups excluding carboxylic acids is 1. The SMILES string of the molecule is COc1cc(C(=O)NC2CC3CCCC(C2)N3Cc2ccc3ccccc3n2)cc(OC)c1OC. The Balaban J connectivity index is 1.29. The summed E-state index contributed by atoms with van der Waals surface area (Å²) < 4.78 is 16.2. The molecule has 2 fully saturated rings. The number of amides is 1. The zero-order valence-electron chi connectivity index (χ0n) is 20.6. The van der Waals surface area contributed by atoms with Crippen molar-refractivity contribution in [2.45, 2.75) is 56.8 Å². The van der Waals surface area contributed by atoms with Crippen LogP contribution >= 0.6 is 0 Å². The van der Waals surface area contributed by atoms with Crippen molar-refractivity contribution in [2.75, 3.05) is 21.3 Å². The summed E-state index contributed by atoms with van der Waals surface area (Å²) in [4.78, 5) is 20.7. The standard InChI is InChI=1S/C28H33N3O4/c1-33-25-13-19(14-26(34-2)27(25)35-3)28(32)30-21-15-22-8-6-9-23(16-21)31(22)17-20-12-11-18-7-4-5-10-24(18)29-20/h4-5,7,10-14,21-23H,6,8-9,15-17H2,1-3H3,(H,30,32). The number of fused-ring (bicyclic) bond motifs is 3. The number of hydrogen-bond acceptors (Lipinski definition) is 6. The molecule has 0 radical (unpaired) electrons. The van der Waals surface area contributed by atoms with E-state index in [0.717, 1.165) is 43.4 Å². The van der Waals surface area contributed by atoms with Gasteiger partial charge in [-0.15, -0.1) is 0 Å². The fraction of sp³-hybridized carbons (Fsp3) is 0.429.